The number of amides is 2. The average molecular weight is 318 g/mol. The SMILES string of the molecule is O=C(NCCc1ccc(Cl)cc1)C(=O)NCc1ccccn1. The lowest BCUT2D eigenvalue weighted by Crippen LogP contribution is -2.40. The molecule has 2 N–H and O–H groups in total. The second-order valence-electron chi connectivity index (χ2n) is 4.64. The molecule has 1 aromatic carbocycles. The van der Waals surface area contributed by atoms with Crippen LogP contribution in [0.3, 0.4) is 0 Å². The molecule has 0 aliphatic rings. The van der Waals surface area contributed by atoms with Gasteiger partial charge in [-0.1, -0.05) is 29.8 Å². The predicted molar refractivity (Wildman–Crippen MR) is 84.2 cm³/mol. The minimum absolute atomic E-state index is 0.226. The summed E-state index contributed by atoms with van der Waals surface area (Å²) >= 11 is 5.80. The van der Waals surface area contributed by atoms with Crippen LogP contribution in [0, 0.1) is 0 Å². The minimum Gasteiger partial charge on any atom is -0.348 e. The quantitative estimate of drug-likeness (QED) is 0.825. The Morgan fingerprint density at radius 3 is 2.41 bits per heavy atom. The van der Waals surface area contributed by atoms with Gasteiger partial charge in [0.05, 0.1) is 12.2 Å². The number of nitrogens with one attached hydrogen (secondary N) is 2. The van der Waals surface area contributed by atoms with Gasteiger partial charge in [0.2, 0.25) is 0 Å². The van der Waals surface area contributed by atoms with Crippen LogP contribution >= 0.6 is 11.6 Å². The average Bonchev–Trinajstić information content (AvgIpc) is 2.55. The highest BCUT2D eigenvalue weighted by atomic mass is 35.5. The molecule has 1 aromatic heterocycles. The summed E-state index contributed by atoms with van der Waals surface area (Å²) in [6.07, 6.45) is 2.27. The molecule has 2 aromatic rings. The summed E-state index contributed by atoms with van der Waals surface area (Å²) in [5, 5.41) is 5.77. The molecular weight excluding hydrogens is 302 g/mol. The molecule has 6 heteroatoms. The van der Waals surface area contributed by atoms with Gasteiger partial charge in [0.25, 0.3) is 0 Å². The van der Waals surface area contributed by atoms with E-state index in [1.54, 1.807) is 30.5 Å². The summed E-state index contributed by atoms with van der Waals surface area (Å²) in [7, 11) is 0. The molecule has 5 nitrogen and oxygen atoms in total. The largest absolute Gasteiger partial charge is 0.348 e. The van der Waals surface area contributed by atoms with E-state index in [1.807, 2.05) is 18.2 Å². The van der Waals surface area contributed by atoms with E-state index in [1.165, 1.54) is 0 Å². The van der Waals surface area contributed by atoms with Gasteiger partial charge >= 0.3 is 11.8 Å². The highest BCUT2D eigenvalue weighted by Crippen LogP contribution is 2.09. The smallest absolute Gasteiger partial charge is 0.309 e. The van der Waals surface area contributed by atoms with Crippen molar-refractivity contribution in [2.24, 2.45) is 0 Å². The zero-order valence-corrected chi connectivity index (χ0v) is 12.6. The molecule has 0 saturated heterocycles. The van der Waals surface area contributed by atoms with Crippen molar-refractivity contribution in [1.82, 2.24) is 15.6 Å². The Kier molecular flexibility index (Phi) is 5.91. The standard InChI is InChI=1S/C16H16ClN3O2/c17-13-6-4-12(5-7-13)8-10-19-15(21)16(22)20-11-14-3-1-2-9-18-14/h1-7,9H,8,10-11H2,(H,19,21)(H,20,22). The van der Waals surface area contributed by atoms with Gasteiger partial charge in [0.15, 0.2) is 0 Å². The molecular formula is C16H16ClN3O2. The van der Waals surface area contributed by atoms with Crippen LogP contribution in [0.2, 0.25) is 5.02 Å². The number of hydrogen-bond acceptors (Lipinski definition) is 3. The van der Waals surface area contributed by atoms with Gasteiger partial charge in [-0.25, -0.2) is 0 Å². The van der Waals surface area contributed by atoms with Gasteiger partial charge in [-0.2, -0.15) is 0 Å². The fraction of sp³-hybridized carbons (Fsp3) is 0.188. The molecule has 0 aliphatic heterocycles. The third-order valence-electron chi connectivity index (χ3n) is 2.97. The zero-order chi connectivity index (χ0) is 15.8. The Bertz CT molecular complexity index is 630. The third kappa shape index (κ3) is 5.18. The lowest BCUT2D eigenvalue weighted by molar-refractivity contribution is -0.139. The lowest BCUT2D eigenvalue weighted by atomic mass is 10.1. The first-order valence-electron chi connectivity index (χ1n) is 6.85. The molecule has 0 fully saturated rings. The van der Waals surface area contributed by atoms with Crippen LogP contribution in [0.1, 0.15) is 11.3 Å². The van der Waals surface area contributed by atoms with Crippen molar-refractivity contribution in [3.8, 4) is 0 Å². The highest BCUT2D eigenvalue weighted by Gasteiger charge is 2.12. The van der Waals surface area contributed by atoms with Crippen LogP contribution in [0.5, 0.6) is 0 Å². The first-order chi connectivity index (χ1) is 10.6. The van der Waals surface area contributed by atoms with E-state index >= 15 is 0 Å². The van der Waals surface area contributed by atoms with Crippen LogP contribution in [0.25, 0.3) is 0 Å². The second-order valence-corrected chi connectivity index (χ2v) is 5.07. The normalized spacial score (nSPS) is 10.0. The van der Waals surface area contributed by atoms with Gasteiger partial charge in [0.1, 0.15) is 0 Å². The van der Waals surface area contributed by atoms with Crippen molar-refractivity contribution in [2.45, 2.75) is 13.0 Å². The summed E-state index contributed by atoms with van der Waals surface area (Å²) in [4.78, 5) is 27.3. The number of hydrogen-bond donors (Lipinski definition) is 2. The van der Waals surface area contributed by atoms with Gasteiger partial charge in [0, 0.05) is 17.8 Å². The number of nitrogens with zero attached hydrogens (tertiary/aromatic N) is 1. The third-order valence-corrected chi connectivity index (χ3v) is 3.23. The number of halogens is 1. The van der Waals surface area contributed by atoms with Crippen LogP contribution < -0.4 is 10.6 Å². The Hall–Kier alpha value is -2.40. The van der Waals surface area contributed by atoms with Gasteiger partial charge in [-0.15, -0.1) is 0 Å². The maximum atomic E-state index is 11.6. The van der Waals surface area contributed by atoms with Crippen molar-refractivity contribution < 1.29 is 9.59 Å². The maximum Gasteiger partial charge on any atom is 0.309 e. The van der Waals surface area contributed by atoms with Crippen LogP contribution in [-0.4, -0.2) is 23.3 Å². The van der Waals surface area contributed by atoms with Gasteiger partial charge in [-0.3, -0.25) is 14.6 Å². The number of aromatic nitrogens is 1. The van der Waals surface area contributed by atoms with E-state index in [9.17, 15) is 9.59 Å². The van der Waals surface area contributed by atoms with E-state index < -0.39 is 11.8 Å². The number of benzene rings is 1. The molecule has 22 heavy (non-hydrogen) atoms. The predicted octanol–water partition coefficient (Wildman–Crippen LogP) is 1.71. The Morgan fingerprint density at radius 1 is 1.00 bits per heavy atom. The molecule has 0 atom stereocenters. The fourth-order valence-corrected chi connectivity index (χ4v) is 1.93. The van der Waals surface area contributed by atoms with E-state index in [0.717, 1.165) is 5.56 Å². The molecule has 0 bridgehead atoms. The minimum atomic E-state index is -0.665. The summed E-state index contributed by atoms with van der Waals surface area (Å²) in [5.41, 5.74) is 1.74. The number of rotatable bonds is 5. The molecule has 1 heterocycles. The van der Waals surface area contributed by atoms with Crippen LogP contribution in [0.4, 0.5) is 0 Å². The lowest BCUT2D eigenvalue weighted by Gasteiger charge is -2.06. The molecule has 114 valence electrons. The zero-order valence-electron chi connectivity index (χ0n) is 11.9. The monoisotopic (exact) mass is 317 g/mol. The Labute approximate surface area is 133 Å². The molecule has 0 radical (unpaired) electrons. The molecule has 0 saturated carbocycles. The summed E-state index contributed by atoms with van der Waals surface area (Å²) in [6, 6.07) is 12.7. The fourth-order valence-electron chi connectivity index (χ4n) is 1.81. The molecule has 0 spiro atoms. The van der Waals surface area contributed by atoms with Crippen molar-refractivity contribution >= 4 is 23.4 Å². The first-order valence-corrected chi connectivity index (χ1v) is 7.23. The molecule has 0 unspecified atom stereocenters. The van der Waals surface area contributed by atoms with E-state index in [0.29, 0.717) is 23.7 Å². The molecule has 0 aliphatic carbocycles. The van der Waals surface area contributed by atoms with Crippen molar-refractivity contribution in [2.75, 3.05) is 6.54 Å². The highest BCUT2D eigenvalue weighted by molar-refractivity contribution is 6.35. The topological polar surface area (TPSA) is 71.1 Å². The van der Waals surface area contributed by atoms with Crippen molar-refractivity contribution in [1.29, 1.82) is 0 Å². The number of pyridine rings is 1. The van der Waals surface area contributed by atoms with Crippen molar-refractivity contribution in [3.63, 3.8) is 0 Å². The van der Waals surface area contributed by atoms with E-state index in [2.05, 4.69) is 15.6 Å². The van der Waals surface area contributed by atoms with Gasteiger partial charge in [-0.05, 0) is 36.2 Å². The summed E-state index contributed by atoms with van der Waals surface area (Å²) < 4.78 is 0. The first kappa shape index (κ1) is 16.0. The maximum absolute atomic E-state index is 11.6. The summed E-state index contributed by atoms with van der Waals surface area (Å²) in [5.74, 6) is -1.31. The van der Waals surface area contributed by atoms with Crippen molar-refractivity contribution in [3.05, 3.63) is 64.9 Å². The number of carbonyl (C=O) groups is 2. The van der Waals surface area contributed by atoms with Gasteiger partial charge < -0.3 is 10.6 Å². The van der Waals surface area contributed by atoms with E-state index in [4.69, 9.17) is 11.6 Å². The molecule has 2 rings (SSSR count). The second kappa shape index (κ2) is 8.14. The van der Waals surface area contributed by atoms with Crippen LogP contribution in [0.15, 0.2) is 48.7 Å². The van der Waals surface area contributed by atoms with Crippen LogP contribution in [-0.2, 0) is 22.6 Å². The Balaban J connectivity index is 1.70. The van der Waals surface area contributed by atoms with E-state index in [-0.39, 0.29) is 6.54 Å². The Morgan fingerprint density at radius 2 is 1.73 bits per heavy atom. The summed E-state index contributed by atoms with van der Waals surface area (Å²) in [6.45, 7) is 0.613. The molecule has 2 amide bonds. The number of carbonyl (C=O) groups excluding carboxylic acids is 2.